The van der Waals surface area contributed by atoms with Crippen molar-refractivity contribution in [3.05, 3.63) is 23.1 Å². The van der Waals surface area contributed by atoms with E-state index in [2.05, 4.69) is 0 Å². The van der Waals surface area contributed by atoms with Crippen molar-refractivity contribution in [3.63, 3.8) is 0 Å². The van der Waals surface area contributed by atoms with Crippen molar-refractivity contribution >= 4 is 27.4 Å². The number of carboxylic acids is 1. The summed E-state index contributed by atoms with van der Waals surface area (Å²) in [5.74, 6) is 0.455. The van der Waals surface area contributed by atoms with E-state index in [0.29, 0.717) is 16.4 Å². The van der Waals surface area contributed by atoms with Crippen molar-refractivity contribution in [3.8, 4) is 11.5 Å². The van der Waals surface area contributed by atoms with Crippen LogP contribution in [0.2, 0.25) is 0 Å². The second-order valence-electron chi connectivity index (χ2n) is 3.16. The molecule has 0 bridgehead atoms. The summed E-state index contributed by atoms with van der Waals surface area (Å²) in [6, 6.07) is 5.26. The third-order valence-electron chi connectivity index (χ3n) is 2.22. The molecule has 0 atom stereocenters. The fourth-order valence-corrected chi connectivity index (χ4v) is 2.45. The zero-order valence-corrected chi connectivity index (χ0v) is 8.34. The summed E-state index contributed by atoms with van der Waals surface area (Å²) in [7, 11) is 0. The van der Waals surface area contributed by atoms with Gasteiger partial charge in [0.2, 0.25) is 6.79 Å². The van der Waals surface area contributed by atoms with Crippen molar-refractivity contribution in [2.45, 2.75) is 0 Å². The first-order valence-electron chi connectivity index (χ1n) is 4.30. The molecular weight excluding hydrogens is 216 g/mol. The summed E-state index contributed by atoms with van der Waals surface area (Å²) in [6.45, 7) is 0.235. The van der Waals surface area contributed by atoms with Gasteiger partial charge in [0.25, 0.3) is 0 Å². The zero-order valence-electron chi connectivity index (χ0n) is 7.52. The number of carboxylic acid groups (broad SMARTS) is 1. The quantitative estimate of drug-likeness (QED) is 0.804. The van der Waals surface area contributed by atoms with E-state index in [-0.39, 0.29) is 6.79 Å². The third-order valence-corrected chi connectivity index (χ3v) is 3.31. The maximum absolute atomic E-state index is 10.8. The number of fused-ring (bicyclic) bond motifs is 2. The van der Waals surface area contributed by atoms with E-state index in [0.717, 1.165) is 10.1 Å². The van der Waals surface area contributed by atoms with Gasteiger partial charge in [0, 0.05) is 10.8 Å². The van der Waals surface area contributed by atoms with E-state index in [9.17, 15) is 4.79 Å². The lowest BCUT2D eigenvalue weighted by atomic mass is 10.2. The topological polar surface area (TPSA) is 55.8 Å². The lowest BCUT2D eigenvalue weighted by Crippen LogP contribution is -1.92. The van der Waals surface area contributed by atoms with Crippen LogP contribution in [0.15, 0.2) is 18.2 Å². The molecule has 0 amide bonds. The first kappa shape index (κ1) is 8.55. The van der Waals surface area contributed by atoms with Gasteiger partial charge in [-0.25, -0.2) is 4.79 Å². The van der Waals surface area contributed by atoms with Gasteiger partial charge in [0.1, 0.15) is 4.88 Å². The average Bonchev–Trinajstić information content (AvgIpc) is 2.77. The normalized spacial score (nSPS) is 13.3. The van der Waals surface area contributed by atoms with Crippen LogP contribution in [-0.4, -0.2) is 17.9 Å². The van der Waals surface area contributed by atoms with Crippen LogP contribution in [0, 0.1) is 0 Å². The molecule has 1 N–H and O–H groups in total. The standard InChI is InChI=1S/C10H6O4S/c11-10(12)9-2-5-1-6-7(14-4-13-6)3-8(5)15-9/h1-3H,4H2,(H,11,12). The molecule has 5 heteroatoms. The molecule has 1 aromatic heterocycles. The monoisotopic (exact) mass is 222 g/mol. The van der Waals surface area contributed by atoms with Gasteiger partial charge >= 0.3 is 5.97 Å². The molecule has 2 aromatic rings. The molecule has 0 spiro atoms. The molecule has 0 aliphatic carbocycles. The lowest BCUT2D eigenvalue weighted by Gasteiger charge is -1.94. The molecule has 15 heavy (non-hydrogen) atoms. The molecule has 0 unspecified atom stereocenters. The first-order valence-corrected chi connectivity index (χ1v) is 5.12. The molecule has 4 nitrogen and oxygen atoms in total. The molecule has 0 saturated heterocycles. The highest BCUT2D eigenvalue weighted by atomic mass is 32.1. The SMILES string of the molecule is O=C(O)c1cc2cc3c(cc2s1)OCO3. The Labute approximate surface area is 88.7 Å². The van der Waals surface area contributed by atoms with Crippen LogP contribution in [0.1, 0.15) is 9.67 Å². The Morgan fingerprint density at radius 3 is 2.73 bits per heavy atom. The van der Waals surface area contributed by atoms with Crippen LogP contribution < -0.4 is 9.47 Å². The summed E-state index contributed by atoms with van der Waals surface area (Å²) in [5.41, 5.74) is 0. The molecule has 1 aliphatic heterocycles. The molecule has 1 aliphatic rings. The highest BCUT2D eigenvalue weighted by Crippen LogP contribution is 2.39. The molecule has 0 radical (unpaired) electrons. The van der Waals surface area contributed by atoms with Gasteiger partial charge in [0.05, 0.1) is 0 Å². The fourth-order valence-electron chi connectivity index (χ4n) is 1.53. The smallest absolute Gasteiger partial charge is 0.345 e. The van der Waals surface area contributed by atoms with Crippen LogP contribution in [0.3, 0.4) is 0 Å². The highest BCUT2D eigenvalue weighted by molar-refractivity contribution is 7.20. The number of thiophene rings is 1. The minimum Gasteiger partial charge on any atom is -0.477 e. The summed E-state index contributed by atoms with van der Waals surface area (Å²) in [6.07, 6.45) is 0. The van der Waals surface area contributed by atoms with Crippen LogP contribution >= 0.6 is 11.3 Å². The fraction of sp³-hybridized carbons (Fsp3) is 0.100. The molecule has 0 saturated carbocycles. The third kappa shape index (κ3) is 1.24. The van der Waals surface area contributed by atoms with Crippen molar-refractivity contribution in [2.75, 3.05) is 6.79 Å². The van der Waals surface area contributed by atoms with E-state index in [1.165, 1.54) is 11.3 Å². The van der Waals surface area contributed by atoms with Crippen molar-refractivity contribution < 1.29 is 19.4 Å². The zero-order chi connectivity index (χ0) is 10.4. The summed E-state index contributed by atoms with van der Waals surface area (Å²) in [5, 5.41) is 9.72. The van der Waals surface area contributed by atoms with Gasteiger partial charge in [-0.05, 0) is 17.5 Å². The van der Waals surface area contributed by atoms with Crippen LogP contribution in [0.4, 0.5) is 0 Å². The number of carbonyl (C=O) groups is 1. The minimum absolute atomic E-state index is 0.235. The van der Waals surface area contributed by atoms with Crippen LogP contribution in [0.25, 0.3) is 10.1 Å². The second kappa shape index (κ2) is 2.87. The number of ether oxygens (including phenoxy) is 2. The largest absolute Gasteiger partial charge is 0.477 e. The van der Waals surface area contributed by atoms with Crippen molar-refractivity contribution in [1.82, 2.24) is 0 Å². The molecule has 76 valence electrons. The Morgan fingerprint density at radius 2 is 2.00 bits per heavy atom. The van der Waals surface area contributed by atoms with Gasteiger partial charge in [-0.2, -0.15) is 0 Å². The van der Waals surface area contributed by atoms with E-state index in [1.807, 2.05) is 6.07 Å². The van der Waals surface area contributed by atoms with Gasteiger partial charge in [0.15, 0.2) is 11.5 Å². The first-order chi connectivity index (χ1) is 7.24. The minimum atomic E-state index is -0.904. The molecule has 2 heterocycles. The Kier molecular flexibility index (Phi) is 1.63. The van der Waals surface area contributed by atoms with Gasteiger partial charge < -0.3 is 14.6 Å². The average molecular weight is 222 g/mol. The molecular formula is C10H6O4S. The molecule has 1 aromatic carbocycles. The number of hydrogen-bond donors (Lipinski definition) is 1. The second-order valence-corrected chi connectivity index (χ2v) is 4.24. The number of benzene rings is 1. The Morgan fingerprint density at radius 1 is 1.27 bits per heavy atom. The Hall–Kier alpha value is -1.75. The van der Waals surface area contributed by atoms with E-state index < -0.39 is 5.97 Å². The number of aromatic carboxylic acids is 1. The molecule has 0 fully saturated rings. The predicted octanol–water partition coefficient (Wildman–Crippen LogP) is 2.33. The lowest BCUT2D eigenvalue weighted by molar-refractivity contribution is 0.0702. The molecule has 3 rings (SSSR count). The summed E-state index contributed by atoms with van der Waals surface area (Å²) < 4.78 is 11.3. The van der Waals surface area contributed by atoms with Crippen molar-refractivity contribution in [1.29, 1.82) is 0 Å². The maximum Gasteiger partial charge on any atom is 0.345 e. The van der Waals surface area contributed by atoms with Crippen LogP contribution in [0.5, 0.6) is 11.5 Å². The summed E-state index contributed by atoms with van der Waals surface area (Å²) >= 11 is 1.24. The van der Waals surface area contributed by atoms with Crippen LogP contribution in [-0.2, 0) is 0 Å². The number of hydrogen-bond acceptors (Lipinski definition) is 4. The maximum atomic E-state index is 10.8. The number of rotatable bonds is 1. The van der Waals surface area contributed by atoms with Gasteiger partial charge in [-0.3, -0.25) is 0 Å². The summed E-state index contributed by atoms with van der Waals surface area (Å²) in [4.78, 5) is 11.1. The van der Waals surface area contributed by atoms with Gasteiger partial charge in [-0.15, -0.1) is 11.3 Å². The van der Waals surface area contributed by atoms with E-state index in [1.54, 1.807) is 12.1 Å². The predicted molar refractivity (Wildman–Crippen MR) is 54.9 cm³/mol. The van der Waals surface area contributed by atoms with Crippen molar-refractivity contribution in [2.24, 2.45) is 0 Å². The van der Waals surface area contributed by atoms with E-state index in [4.69, 9.17) is 14.6 Å². The highest BCUT2D eigenvalue weighted by Gasteiger charge is 2.16. The Bertz CT molecular complexity index is 517. The Balaban J connectivity index is 2.24. The van der Waals surface area contributed by atoms with E-state index >= 15 is 0 Å². The van der Waals surface area contributed by atoms with Gasteiger partial charge in [-0.1, -0.05) is 0 Å².